The largest absolute Gasteiger partial charge is 0.479 e. The summed E-state index contributed by atoms with van der Waals surface area (Å²) in [4.78, 5) is 11.2. The summed E-state index contributed by atoms with van der Waals surface area (Å²) in [5.41, 5.74) is 5.90. The molecule has 100 valence electrons. The van der Waals surface area contributed by atoms with Crippen LogP contribution in [0.4, 0.5) is 18.9 Å². The molecule has 0 aromatic heterocycles. The highest BCUT2D eigenvalue weighted by Gasteiger charge is 2.31. The Hall–Kier alpha value is -1.92. The van der Waals surface area contributed by atoms with Gasteiger partial charge in [0.1, 0.15) is 5.75 Å². The predicted octanol–water partition coefficient (Wildman–Crippen LogP) is 2.14. The number of alkyl halides is 3. The molecule has 0 aliphatic carbocycles. The van der Waals surface area contributed by atoms with E-state index < -0.39 is 24.9 Å². The monoisotopic (exact) mass is 263 g/mol. The number of benzene rings is 1. The third-order valence-corrected chi connectivity index (χ3v) is 1.88. The standard InChI is InChI=1S/C11H12F3NO3/c1-7(10(16)17-6-11(12,13)14)18-9-4-2-3-8(15)5-9/h2-5,7H,6,15H2,1H3/t7-/m1/s1. The maximum Gasteiger partial charge on any atom is 0.422 e. The number of esters is 1. The van der Waals surface area contributed by atoms with Crippen LogP contribution in [-0.2, 0) is 9.53 Å². The molecule has 1 aromatic carbocycles. The summed E-state index contributed by atoms with van der Waals surface area (Å²) in [6.45, 7) is -0.335. The zero-order chi connectivity index (χ0) is 13.8. The highest BCUT2D eigenvalue weighted by atomic mass is 19.4. The maximum atomic E-state index is 11.8. The molecule has 0 unspecified atom stereocenters. The summed E-state index contributed by atoms with van der Waals surface area (Å²) in [6, 6.07) is 6.19. The lowest BCUT2D eigenvalue weighted by Crippen LogP contribution is -2.30. The van der Waals surface area contributed by atoms with Crippen molar-refractivity contribution in [1.82, 2.24) is 0 Å². The van der Waals surface area contributed by atoms with Crippen molar-refractivity contribution < 1.29 is 27.4 Å². The molecule has 0 spiro atoms. The normalized spacial score (nSPS) is 12.9. The summed E-state index contributed by atoms with van der Waals surface area (Å²) in [7, 11) is 0. The molecule has 0 heterocycles. The Kier molecular flexibility index (Phi) is 4.41. The molecule has 0 saturated carbocycles. The summed E-state index contributed by atoms with van der Waals surface area (Å²) in [6.07, 6.45) is -5.69. The average Bonchev–Trinajstić information content (AvgIpc) is 2.24. The molecule has 0 fully saturated rings. The van der Waals surface area contributed by atoms with Gasteiger partial charge in [0.2, 0.25) is 0 Å². The predicted molar refractivity (Wildman–Crippen MR) is 58.0 cm³/mol. The van der Waals surface area contributed by atoms with Gasteiger partial charge in [0, 0.05) is 11.8 Å². The van der Waals surface area contributed by atoms with Gasteiger partial charge in [-0.15, -0.1) is 0 Å². The lowest BCUT2D eigenvalue weighted by Gasteiger charge is -2.15. The SMILES string of the molecule is C[C@@H](Oc1cccc(N)c1)C(=O)OCC(F)(F)F. The van der Waals surface area contributed by atoms with Crippen LogP contribution in [0.5, 0.6) is 5.75 Å². The zero-order valence-electron chi connectivity index (χ0n) is 9.53. The number of ether oxygens (including phenoxy) is 2. The van der Waals surface area contributed by atoms with Crippen molar-refractivity contribution in [2.24, 2.45) is 0 Å². The van der Waals surface area contributed by atoms with Gasteiger partial charge in [-0.05, 0) is 19.1 Å². The van der Waals surface area contributed by atoms with E-state index in [0.29, 0.717) is 5.69 Å². The van der Waals surface area contributed by atoms with E-state index in [0.717, 1.165) is 0 Å². The molecule has 4 nitrogen and oxygen atoms in total. The fourth-order valence-electron chi connectivity index (χ4n) is 1.11. The van der Waals surface area contributed by atoms with Crippen molar-refractivity contribution >= 4 is 11.7 Å². The topological polar surface area (TPSA) is 61.5 Å². The Morgan fingerprint density at radius 2 is 2.11 bits per heavy atom. The Bertz CT molecular complexity index is 420. The number of anilines is 1. The van der Waals surface area contributed by atoms with E-state index in [-0.39, 0.29) is 5.75 Å². The molecule has 1 atom stereocenters. The molecule has 1 rings (SSSR count). The number of carbonyl (C=O) groups is 1. The second-order valence-electron chi connectivity index (χ2n) is 3.56. The third kappa shape index (κ3) is 4.94. The smallest absolute Gasteiger partial charge is 0.422 e. The molecule has 2 N–H and O–H groups in total. The van der Waals surface area contributed by atoms with E-state index in [9.17, 15) is 18.0 Å². The van der Waals surface area contributed by atoms with Gasteiger partial charge in [-0.25, -0.2) is 4.79 Å². The molecule has 7 heteroatoms. The second kappa shape index (κ2) is 5.61. The number of hydrogen-bond acceptors (Lipinski definition) is 4. The molecule has 0 saturated heterocycles. The molecule has 0 aliphatic rings. The van der Waals surface area contributed by atoms with E-state index in [2.05, 4.69) is 4.74 Å². The van der Waals surface area contributed by atoms with Crippen molar-refractivity contribution in [2.75, 3.05) is 12.3 Å². The fraction of sp³-hybridized carbons (Fsp3) is 0.364. The first-order valence-electron chi connectivity index (χ1n) is 5.03. The molecular weight excluding hydrogens is 251 g/mol. The summed E-state index contributed by atoms with van der Waals surface area (Å²) in [5.74, 6) is -0.804. The summed E-state index contributed by atoms with van der Waals surface area (Å²) >= 11 is 0. The van der Waals surface area contributed by atoms with E-state index in [1.165, 1.54) is 19.1 Å². The number of rotatable bonds is 4. The van der Waals surface area contributed by atoms with Gasteiger partial charge in [0.25, 0.3) is 0 Å². The van der Waals surface area contributed by atoms with Gasteiger partial charge in [-0.3, -0.25) is 0 Å². The maximum absolute atomic E-state index is 11.8. The van der Waals surface area contributed by atoms with Crippen LogP contribution in [0.15, 0.2) is 24.3 Å². The van der Waals surface area contributed by atoms with Gasteiger partial charge in [0.05, 0.1) is 0 Å². The van der Waals surface area contributed by atoms with Gasteiger partial charge in [0.15, 0.2) is 12.7 Å². The van der Waals surface area contributed by atoms with Gasteiger partial charge < -0.3 is 15.2 Å². The molecule has 0 radical (unpaired) electrons. The molecule has 0 aliphatic heterocycles. The summed E-state index contributed by atoms with van der Waals surface area (Å²) in [5, 5.41) is 0. The first-order valence-corrected chi connectivity index (χ1v) is 5.03. The highest BCUT2D eigenvalue weighted by Crippen LogP contribution is 2.18. The number of carbonyl (C=O) groups excluding carboxylic acids is 1. The van der Waals surface area contributed by atoms with Crippen molar-refractivity contribution in [3.05, 3.63) is 24.3 Å². The lowest BCUT2D eigenvalue weighted by molar-refractivity contribution is -0.190. The van der Waals surface area contributed by atoms with Crippen molar-refractivity contribution in [2.45, 2.75) is 19.2 Å². The van der Waals surface area contributed by atoms with E-state index >= 15 is 0 Å². The van der Waals surface area contributed by atoms with Gasteiger partial charge in [-0.1, -0.05) is 6.07 Å². The summed E-state index contributed by atoms with van der Waals surface area (Å²) < 4.78 is 44.6. The van der Waals surface area contributed by atoms with Crippen LogP contribution < -0.4 is 10.5 Å². The number of halogens is 3. The molecule has 18 heavy (non-hydrogen) atoms. The first kappa shape index (κ1) is 14.1. The highest BCUT2D eigenvalue weighted by molar-refractivity contribution is 5.74. The molecule has 0 bridgehead atoms. The van der Waals surface area contributed by atoms with E-state index in [1.807, 2.05) is 0 Å². The third-order valence-electron chi connectivity index (χ3n) is 1.88. The van der Waals surface area contributed by atoms with Gasteiger partial charge >= 0.3 is 12.1 Å². The first-order chi connectivity index (χ1) is 8.28. The number of nitrogen functional groups attached to an aromatic ring is 1. The van der Waals surface area contributed by atoms with Crippen LogP contribution in [0.1, 0.15) is 6.92 Å². The Morgan fingerprint density at radius 1 is 1.44 bits per heavy atom. The molecule has 1 aromatic rings. The lowest BCUT2D eigenvalue weighted by atomic mass is 10.3. The van der Waals surface area contributed by atoms with Crippen molar-refractivity contribution in [1.29, 1.82) is 0 Å². The van der Waals surface area contributed by atoms with Crippen LogP contribution in [0, 0.1) is 0 Å². The Morgan fingerprint density at radius 3 is 2.67 bits per heavy atom. The van der Waals surface area contributed by atoms with Crippen molar-refractivity contribution in [3.8, 4) is 5.75 Å². The van der Waals surface area contributed by atoms with Crippen LogP contribution in [0.25, 0.3) is 0 Å². The minimum Gasteiger partial charge on any atom is -0.479 e. The quantitative estimate of drug-likeness (QED) is 0.667. The molecule has 0 amide bonds. The van der Waals surface area contributed by atoms with E-state index in [1.54, 1.807) is 12.1 Å². The zero-order valence-corrected chi connectivity index (χ0v) is 9.53. The second-order valence-corrected chi connectivity index (χ2v) is 3.56. The average molecular weight is 263 g/mol. The van der Waals surface area contributed by atoms with Crippen LogP contribution in [-0.4, -0.2) is 24.9 Å². The van der Waals surface area contributed by atoms with Crippen LogP contribution in [0.3, 0.4) is 0 Å². The number of hydrogen-bond donors (Lipinski definition) is 1. The minimum absolute atomic E-state index is 0.284. The Balaban J connectivity index is 2.50. The van der Waals surface area contributed by atoms with Crippen LogP contribution in [0.2, 0.25) is 0 Å². The minimum atomic E-state index is -4.55. The Labute approximate surface area is 101 Å². The fourth-order valence-corrected chi connectivity index (χ4v) is 1.11. The van der Waals surface area contributed by atoms with Gasteiger partial charge in [-0.2, -0.15) is 13.2 Å². The van der Waals surface area contributed by atoms with E-state index in [4.69, 9.17) is 10.5 Å². The van der Waals surface area contributed by atoms with Crippen LogP contribution >= 0.6 is 0 Å². The molecular formula is C11H12F3NO3. The number of nitrogens with two attached hydrogens (primary N) is 1. The van der Waals surface area contributed by atoms with Crippen molar-refractivity contribution in [3.63, 3.8) is 0 Å².